The molecule has 1 amide bonds. The van der Waals surface area contributed by atoms with E-state index < -0.39 is 0 Å². The van der Waals surface area contributed by atoms with Gasteiger partial charge in [-0.3, -0.25) is 4.79 Å². The molecule has 0 spiro atoms. The monoisotopic (exact) mass is 239 g/mol. The molecule has 0 aliphatic carbocycles. The quantitative estimate of drug-likeness (QED) is 0.869. The molecule has 0 heterocycles. The summed E-state index contributed by atoms with van der Waals surface area (Å²) in [4.78, 5) is 12.0. The minimum atomic E-state index is -0.0346. The van der Waals surface area contributed by atoms with E-state index in [4.69, 9.17) is 0 Å². The second-order valence-corrected chi connectivity index (χ2v) is 4.45. The Kier molecular flexibility index (Phi) is 4.13. The highest BCUT2D eigenvalue weighted by Gasteiger charge is 2.13. The summed E-state index contributed by atoms with van der Waals surface area (Å²) in [6.07, 6.45) is 0.763. The Balaban J connectivity index is 1.93. The number of carbonyl (C=O) groups is 1. The molecule has 2 heteroatoms. The molecule has 2 nitrogen and oxygen atoms in total. The zero-order chi connectivity index (χ0) is 12.8. The number of para-hydroxylation sites is 1. The normalized spacial score (nSPS) is 11.8. The largest absolute Gasteiger partial charge is 0.326 e. The first kappa shape index (κ1) is 12.4. The molecule has 0 aliphatic heterocycles. The summed E-state index contributed by atoms with van der Waals surface area (Å²) in [5.41, 5.74) is 2.04. The van der Waals surface area contributed by atoms with Gasteiger partial charge in [0.05, 0.1) is 0 Å². The van der Waals surface area contributed by atoms with Gasteiger partial charge in [0.15, 0.2) is 0 Å². The predicted molar refractivity (Wildman–Crippen MR) is 74.4 cm³/mol. The van der Waals surface area contributed by atoms with Gasteiger partial charge in [0, 0.05) is 11.6 Å². The van der Waals surface area contributed by atoms with Crippen LogP contribution >= 0.6 is 0 Å². The standard InChI is InChI=1S/C16H17NO/c1-13(12-14-8-4-2-5-9-14)16(18)17-15-10-6-3-7-11-15/h2-11,13H,12H2,1H3,(H,17,18)/t13-/m0/s1. The van der Waals surface area contributed by atoms with Gasteiger partial charge in [0.2, 0.25) is 5.91 Å². The Morgan fingerprint density at radius 2 is 1.56 bits per heavy atom. The van der Waals surface area contributed by atoms with Crippen molar-refractivity contribution in [1.29, 1.82) is 0 Å². The van der Waals surface area contributed by atoms with Crippen molar-refractivity contribution in [3.63, 3.8) is 0 Å². The topological polar surface area (TPSA) is 29.1 Å². The zero-order valence-corrected chi connectivity index (χ0v) is 10.5. The lowest BCUT2D eigenvalue weighted by molar-refractivity contribution is -0.119. The molecule has 0 unspecified atom stereocenters. The summed E-state index contributed by atoms with van der Waals surface area (Å²) in [5, 5.41) is 2.92. The first-order chi connectivity index (χ1) is 8.75. The van der Waals surface area contributed by atoms with Gasteiger partial charge in [-0.15, -0.1) is 0 Å². The number of amides is 1. The number of carbonyl (C=O) groups excluding carboxylic acids is 1. The molecule has 2 rings (SSSR count). The second-order valence-electron chi connectivity index (χ2n) is 4.45. The highest BCUT2D eigenvalue weighted by atomic mass is 16.1. The summed E-state index contributed by atoms with van der Waals surface area (Å²) >= 11 is 0. The van der Waals surface area contributed by atoms with Crippen molar-refractivity contribution >= 4 is 11.6 Å². The molecule has 1 atom stereocenters. The summed E-state index contributed by atoms with van der Waals surface area (Å²) < 4.78 is 0. The van der Waals surface area contributed by atoms with E-state index in [9.17, 15) is 4.79 Å². The van der Waals surface area contributed by atoms with Crippen molar-refractivity contribution < 1.29 is 4.79 Å². The van der Waals surface area contributed by atoms with Crippen molar-refractivity contribution in [3.8, 4) is 0 Å². The lowest BCUT2D eigenvalue weighted by Crippen LogP contribution is -2.22. The fraction of sp³-hybridized carbons (Fsp3) is 0.188. The fourth-order valence-corrected chi connectivity index (χ4v) is 1.85. The number of hydrogen-bond donors (Lipinski definition) is 1. The predicted octanol–water partition coefficient (Wildman–Crippen LogP) is 3.50. The van der Waals surface area contributed by atoms with Crippen LogP contribution in [0.1, 0.15) is 12.5 Å². The molecular weight excluding hydrogens is 222 g/mol. The highest BCUT2D eigenvalue weighted by Crippen LogP contribution is 2.12. The molecule has 18 heavy (non-hydrogen) atoms. The molecule has 92 valence electrons. The molecule has 0 radical (unpaired) electrons. The minimum Gasteiger partial charge on any atom is -0.326 e. The molecule has 0 bridgehead atoms. The second kappa shape index (κ2) is 6.01. The fourth-order valence-electron chi connectivity index (χ4n) is 1.85. The summed E-state index contributed by atoms with van der Waals surface area (Å²) in [6.45, 7) is 1.95. The summed E-state index contributed by atoms with van der Waals surface area (Å²) in [5.74, 6) is 0.0256. The van der Waals surface area contributed by atoms with Gasteiger partial charge in [-0.25, -0.2) is 0 Å². The van der Waals surface area contributed by atoms with E-state index in [1.165, 1.54) is 5.56 Å². The van der Waals surface area contributed by atoms with E-state index >= 15 is 0 Å². The zero-order valence-electron chi connectivity index (χ0n) is 10.5. The smallest absolute Gasteiger partial charge is 0.227 e. The van der Waals surface area contributed by atoms with Crippen molar-refractivity contribution in [2.24, 2.45) is 5.92 Å². The van der Waals surface area contributed by atoms with E-state index in [-0.39, 0.29) is 11.8 Å². The number of hydrogen-bond acceptors (Lipinski definition) is 1. The van der Waals surface area contributed by atoms with Gasteiger partial charge in [-0.2, -0.15) is 0 Å². The van der Waals surface area contributed by atoms with E-state index in [0.29, 0.717) is 0 Å². The van der Waals surface area contributed by atoms with Gasteiger partial charge in [0.1, 0.15) is 0 Å². The Hall–Kier alpha value is -2.09. The maximum absolute atomic E-state index is 12.0. The van der Waals surface area contributed by atoms with Crippen LogP contribution in [0.5, 0.6) is 0 Å². The molecule has 2 aromatic carbocycles. The maximum Gasteiger partial charge on any atom is 0.227 e. The maximum atomic E-state index is 12.0. The van der Waals surface area contributed by atoms with Crippen LogP contribution in [0, 0.1) is 5.92 Å². The van der Waals surface area contributed by atoms with Gasteiger partial charge in [-0.05, 0) is 24.1 Å². The molecule has 0 saturated heterocycles. The van der Waals surface area contributed by atoms with Crippen LogP contribution in [0.3, 0.4) is 0 Å². The van der Waals surface area contributed by atoms with Gasteiger partial charge in [0.25, 0.3) is 0 Å². The Morgan fingerprint density at radius 3 is 2.17 bits per heavy atom. The van der Waals surface area contributed by atoms with Gasteiger partial charge < -0.3 is 5.32 Å². The molecule has 0 saturated carbocycles. The van der Waals surface area contributed by atoms with Crippen LogP contribution < -0.4 is 5.32 Å². The van der Waals surface area contributed by atoms with E-state index in [1.807, 2.05) is 67.6 Å². The number of nitrogens with one attached hydrogen (secondary N) is 1. The SMILES string of the molecule is C[C@@H](Cc1ccccc1)C(=O)Nc1ccccc1. The Labute approximate surface area is 108 Å². The lowest BCUT2D eigenvalue weighted by Gasteiger charge is -2.12. The third-order valence-electron chi connectivity index (χ3n) is 2.87. The lowest BCUT2D eigenvalue weighted by atomic mass is 10.0. The van der Waals surface area contributed by atoms with Crippen molar-refractivity contribution in [2.75, 3.05) is 5.32 Å². The molecule has 0 aliphatic rings. The molecule has 1 N–H and O–H groups in total. The average Bonchev–Trinajstić information content (AvgIpc) is 2.41. The highest BCUT2D eigenvalue weighted by molar-refractivity contribution is 5.92. The average molecular weight is 239 g/mol. The van der Waals surface area contributed by atoms with Crippen LogP contribution in [-0.4, -0.2) is 5.91 Å². The summed E-state index contributed by atoms with van der Waals surface area (Å²) in [6, 6.07) is 19.6. The Morgan fingerprint density at radius 1 is 1.00 bits per heavy atom. The molecule has 0 aromatic heterocycles. The minimum absolute atomic E-state index is 0.0346. The summed E-state index contributed by atoms with van der Waals surface area (Å²) in [7, 11) is 0. The first-order valence-corrected chi connectivity index (χ1v) is 6.15. The van der Waals surface area contributed by atoms with E-state index in [0.717, 1.165) is 12.1 Å². The van der Waals surface area contributed by atoms with Crippen molar-refractivity contribution in [1.82, 2.24) is 0 Å². The third-order valence-corrected chi connectivity index (χ3v) is 2.87. The molecular formula is C16H17NO. The number of benzene rings is 2. The Bertz CT molecular complexity index is 493. The van der Waals surface area contributed by atoms with Gasteiger partial charge >= 0.3 is 0 Å². The van der Waals surface area contributed by atoms with E-state index in [1.54, 1.807) is 0 Å². The van der Waals surface area contributed by atoms with Crippen LogP contribution in [0.25, 0.3) is 0 Å². The molecule has 2 aromatic rings. The van der Waals surface area contributed by atoms with Crippen molar-refractivity contribution in [3.05, 3.63) is 66.2 Å². The third kappa shape index (κ3) is 3.45. The molecule has 0 fully saturated rings. The number of rotatable bonds is 4. The number of anilines is 1. The van der Waals surface area contributed by atoms with Crippen LogP contribution in [0.15, 0.2) is 60.7 Å². The van der Waals surface area contributed by atoms with Gasteiger partial charge in [-0.1, -0.05) is 55.5 Å². The van der Waals surface area contributed by atoms with Crippen LogP contribution in [0.2, 0.25) is 0 Å². The van der Waals surface area contributed by atoms with Crippen LogP contribution in [-0.2, 0) is 11.2 Å². The first-order valence-electron chi connectivity index (χ1n) is 6.15. The van der Waals surface area contributed by atoms with Crippen molar-refractivity contribution in [2.45, 2.75) is 13.3 Å². The van der Waals surface area contributed by atoms with E-state index in [2.05, 4.69) is 5.32 Å². The van der Waals surface area contributed by atoms with Crippen LogP contribution in [0.4, 0.5) is 5.69 Å².